The van der Waals surface area contributed by atoms with Gasteiger partial charge in [-0.05, 0) is 19.1 Å². The zero-order chi connectivity index (χ0) is 15.5. The standard InChI is InChI=1S/C16H18ClFN2O2/c1-10-5-12(22-20-10)6-11-8-21-9-16(11)19-7-13-14(17)3-2-4-15(13)18/h2-5,11,16,19H,6-9H2,1H3/t11-,16-/m1/s1. The lowest BCUT2D eigenvalue weighted by Gasteiger charge is -2.18. The maximum atomic E-state index is 13.8. The molecule has 0 unspecified atom stereocenters. The topological polar surface area (TPSA) is 47.3 Å². The first-order valence-electron chi connectivity index (χ1n) is 7.29. The third kappa shape index (κ3) is 3.48. The molecule has 22 heavy (non-hydrogen) atoms. The van der Waals surface area contributed by atoms with Crippen molar-refractivity contribution < 1.29 is 13.7 Å². The Balaban J connectivity index is 1.61. The molecule has 0 amide bonds. The van der Waals surface area contributed by atoms with Crippen LogP contribution in [0, 0.1) is 18.7 Å². The molecule has 0 saturated carbocycles. The first kappa shape index (κ1) is 15.5. The number of aryl methyl sites for hydroxylation is 1. The number of ether oxygens (including phenoxy) is 1. The Kier molecular flexibility index (Phi) is 4.76. The molecular weight excluding hydrogens is 307 g/mol. The van der Waals surface area contributed by atoms with Crippen LogP contribution in [0.1, 0.15) is 17.0 Å². The van der Waals surface area contributed by atoms with Crippen LogP contribution in [0.25, 0.3) is 0 Å². The second kappa shape index (κ2) is 6.77. The zero-order valence-electron chi connectivity index (χ0n) is 12.3. The van der Waals surface area contributed by atoms with E-state index >= 15 is 0 Å². The first-order valence-corrected chi connectivity index (χ1v) is 7.67. The number of hydrogen-bond donors (Lipinski definition) is 1. The van der Waals surface area contributed by atoms with Crippen LogP contribution >= 0.6 is 11.6 Å². The lowest BCUT2D eigenvalue weighted by Crippen LogP contribution is -2.36. The third-order valence-electron chi connectivity index (χ3n) is 3.94. The zero-order valence-corrected chi connectivity index (χ0v) is 13.1. The maximum Gasteiger partial charge on any atom is 0.137 e. The van der Waals surface area contributed by atoms with Crippen molar-refractivity contribution >= 4 is 11.6 Å². The Morgan fingerprint density at radius 2 is 2.27 bits per heavy atom. The van der Waals surface area contributed by atoms with E-state index in [1.807, 2.05) is 13.0 Å². The summed E-state index contributed by atoms with van der Waals surface area (Å²) in [5.74, 6) is 0.836. The highest BCUT2D eigenvalue weighted by atomic mass is 35.5. The molecule has 118 valence electrons. The average Bonchev–Trinajstić information content (AvgIpc) is 3.08. The van der Waals surface area contributed by atoms with Crippen LogP contribution in [-0.4, -0.2) is 24.4 Å². The molecule has 2 aromatic rings. The van der Waals surface area contributed by atoms with Gasteiger partial charge in [-0.2, -0.15) is 0 Å². The molecule has 4 nitrogen and oxygen atoms in total. The van der Waals surface area contributed by atoms with E-state index in [2.05, 4.69) is 10.5 Å². The normalized spacial score (nSPS) is 21.4. The van der Waals surface area contributed by atoms with Crippen LogP contribution in [0.3, 0.4) is 0 Å². The molecule has 0 bridgehead atoms. The van der Waals surface area contributed by atoms with Gasteiger partial charge >= 0.3 is 0 Å². The Bertz CT molecular complexity index is 627. The lowest BCUT2D eigenvalue weighted by atomic mass is 9.98. The second-order valence-corrected chi connectivity index (χ2v) is 6.03. The fraction of sp³-hybridized carbons (Fsp3) is 0.438. The molecular formula is C16H18ClFN2O2. The summed E-state index contributed by atoms with van der Waals surface area (Å²) >= 11 is 6.05. The van der Waals surface area contributed by atoms with E-state index in [1.165, 1.54) is 6.07 Å². The molecule has 3 rings (SSSR count). The average molecular weight is 325 g/mol. The van der Waals surface area contributed by atoms with Gasteiger partial charge in [0.25, 0.3) is 0 Å². The molecule has 0 spiro atoms. The van der Waals surface area contributed by atoms with Crippen LogP contribution < -0.4 is 5.32 Å². The maximum absolute atomic E-state index is 13.8. The lowest BCUT2D eigenvalue weighted by molar-refractivity contribution is 0.181. The highest BCUT2D eigenvalue weighted by molar-refractivity contribution is 6.31. The Morgan fingerprint density at radius 3 is 3.00 bits per heavy atom. The summed E-state index contributed by atoms with van der Waals surface area (Å²) in [6.07, 6.45) is 0.753. The SMILES string of the molecule is Cc1cc(C[C@@H]2COC[C@H]2NCc2c(F)cccc2Cl)on1. The van der Waals surface area contributed by atoms with Crippen LogP contribution in [0.4, 0.5) is 4.39 Å². The van der Waals surface area contributed by atoms with Crippen LogP contribution in [0.15, 0.2) is 28.8 Å². The Morgan fingerprint density at radius 1 is 1.41 bits per heavy atom. The Labute approximate surface area is 133 Å². The highest BCUT2D eigenvalue weighted by Crippen LogP contribution is 2.22. The minimum Gasteiger partial charge on any atom is -0.379 e. The van der Waals surface area contributed by atoms with Gasteiger partial charge in [-0.15, -0.1) is 0 Å². The van der Waals surface area contributed by atoms with Crippen molar-refractivity contribution in [3.8, 4) is 0 Å². The highest BCUT2D eigenvalue weighted by Gasteiger charge is 2.29. The number of aromatic nitrogens is 1. The van der Waals surface area contributed by atoms with E-state index in [1.54, 1.807) is 12.1 Å². The molecule has 1 aromatic carbocycles. The molecule has 1 aromatic heterocycles. The van der Waals surface area contributed by atoms with Crippen molar-refractivity contribution in [1.29, 1.82) is 0 Å². The number of hydrogen-bond acceptors (Lipinski definition) is 4. The number of nitrogens with one attached hydrogen (secondary N) is 1. The summed E-state index contributed by atoms with van der Waals surface area (Å²) < 4.78 is 24.6. The summed E-state index contributed by atoms with van der Waals surface area (Å²) in [5, 5.41) is 7.68. The van der Waals surface area contributed by atoms with Gasteiger partial charge in [0.2, 0.25) is 0 Å². The predicted octanol–water partition coefficient (Wildman–Crippen LogP) is 3.12. The minimum absolute atomic E-state index is 0.140. The molecule has 6 heteroatoms. The van der Waals surface area contributed by atoms with Crippen molar-refractivity contribution in [1.82, 2.24) is 10.5 Å². The van der Waals surface area contributed by atoms with Gasteiger partial charge in [0.05, 0.1) is 18.9 Å². The number of halogens is 2. The fourth-order valence-electron chi connectivity index (χ4n) is 2.73. The van der Waals surface area contributed by atoms with Gasteiger partial charge in [0.15, 0.2) is 0 Å². The molecule has 1 saturated heterocycles. The largest absolute Gasteiger partial charge is 0.379 e. The molecule has 0 aliphatic carbocycles. The molecule has 0 radical (unpaired) electrons. The van der Waals surface area contributed by atoms with Crippen LogP contribution in [-0.2, 0) is 17.7 Å². The molecule has 2 heterocycles. The Hall–Kier alpha value is -1.43. The molecule has 1 aliphatic rings. The van der Waals surface area contributed by atoms with E-state index in [9.17, 15) is 4.39 Å². The van der Waals surface area contributed by atoms with Gasteiger partial charge in [0, 0.05) is 41.6 Å². The molecule has 1 fully saturated rings. The van der Waals surface area contributed by atoms with Gasteiger partial charge < -0.3 is 14.6 Å². The predicted molar refractivity (Wildman–Crippen MR) is 81.3 cm³/mol. The van der Waals surface area contributed by atoms with Crippen molar-refractivity contribution in [2.75, 3.05) is 13.2 Å². The summed E-state index contributed by atoms with van der Waals surface area (Å²) in [6, 6.07) is 6.80. The van der Waals surface area contributed by atoms with Gasteiger partial charge in [0.1, 0.15) is 11.6 Å². The number of rotatable bonds is 5. The minimum atomic E-state index is -0.290. The van der Waals surface area contributed by atoms with E-state index in [-0.39, 0.29) is 17.8 Å². The fourth-order valence-corrected chi connectivity index (χ4v) is 2.96. The second-order valence-electron chi connectivity index (χ2n) is 5.62. The van der Waals surface area contributed by atoms with E-state index in [0.29, 0.717) is 30.3 Å². The number of nitrogens with zero attached hydrogens (tertiary/aromatic N) is 1. The van der Waals surface area contributed by atoms with Gasteiger partial charge in [-0.1, -0.05) is 22.8 Å². The molecule has 1 N–H and O–H groups in total. The summed E-state index contributed by atoms with van der Waals surface area (Å²) in [6.45, 7) is 3.53. The van der Waals surface area contributed by atoms with Crippen molar-refractivity contribution in [2.24, 2.45) is 5.92 Å². The smallest absolute Gasteiger partial charge is 0.137 e. The van der Waals surface area contributed by atoms with Crippen LogP contribution in [0.5, 0.6) is 0 Å². The third-order valence-corrected chi connectivity index (χ3v) is 4.30. The van der Waals surface area contributed by atoms with E-state index in [0.717, 1.165) is 17.9 Å². The quantitative estimate of drug-likeness (QED) is 0.918. The molecule has 2 atom stereocenters. The van der Waals surface area contributed by atoms with E-state index < -0.39 is 0 Å². The van der Waals surface area contributed by atoms with Gasteiger partial charge in [-0.3, -0.25) is 0 Å². The summed E-state index contributed by atoms with van der Waals surface area (Å²) in [5.41, 5.74) is 1.36. The number of benzene rings is 1. The molecule has 1 aliphatic heterocycles. The van der Waals surface area contributed by atoms with Crippen LogP contribution in [0.2, 0.25) is 5.02 Å². The first-order chi connectivity index (χ1) is 10.6. The van der Waals surface area contributed by atoms with Gasteiger partial charge in [-0.25, -0.2) is 4.39 Å². The van der Waals surface area contributed by atoms with Crippen molar-refractivity contribution in [2.45, 2.75) is 25.9 Å². The summed E-state index contributed by atoms with van der Waals surface area (Å²) in [7, 11) is 0. The van der Waals surface area contributed by atoms with E-state index in [4.69, 9.17) is 20.9 Å². The van der Waals surface area contributed by atoms with Crippen molar-refractivity contribution in [3.05, 3.63) is 52.1 Å². The monoisotopic (exact) mass is 324 g/mol. The summed E-state index contributed by atoms with van der Waals surface area (Å²) in [4.78, 5) is 0. The van der Waals surface area contributed by atoms with Crippen molar-refractivity contribution in [3.63, 3.8) is 0 Å².